The predicted molar refractivity (Wildman–Crippen MR) is 107 cm³/mol. The fourth-order valence-corrected chi connectivity index (χ4v) is 4.33. The molecule has 3 heterocycles. The molecule has 2 aromatic heterocycles. The van der Waals surface area contributed by atoms with Crippen molar-refractivity contribution >= 4 is 40.4 Å². The van der Waals surface area contributed by atoms with Crippen LogP contribution in [0.3, 0.4) is 0 Å². The molecule has 0 aliphatic carbocycles. The van der Waals surface area contributed by atoms with Gasteiger partial charge < -0.3 is 15.1 Å². The van der Waals surface area contributed by atoms with E-state index < -0.39 is 0 Å². The molecule has 6 nitrogen and oxygen atoms in total. The maximum Gasteiger partial charge on any atom is 0.264 e. The average molecular weight is 394 g/mol. The fraction of sp³-hybridized carbons (Fsp3) is 0.500. The zero-order valence-electron chi connectivity index (χ0n) is 15.1. The van der Waals surface area contributed by atoms with Crippen LogP contribution >= 0.6 is 22.9 Å². The molecular formula is C18H24ClN5OS. The van der Waals surface area contributed by atoms with Crippen LogP contribution in [0.25, 0.3) is 0 Å². The maximum absolute atomic E-state index is 12.9. The van der Waals surface area contributed by atoms with Gasteiger partial charge in [-0.3, -0.25) is 4.79 Å². The van der Waals surface area contributed by atoms with Crippen molar-refractivity contribution in [3.05, 3.63) is 33.9 Å². The number of hydrogen-bond donors (Lipinski definition) is 1. The number of carbonyl (C=O) groups excluding carboxylic acids is 1. The van der Waals surface area contributed by atoms with Crippen LogP contribution in [0.2, 0.25) is 5.15 Å². The Bertz CT molecular complexity index is 731. The van der Waals surface area contributed by atoms with Gasteiger partial charge in [-0.15, -0.1) is 11.3 Å². The van der Waals surface area contributed by atoms with Crippen LogP contribution < -0.4 is 10.2 Å². The summed E-state index contributed by atoms with van der Waals surface area (Å²) in [7, 11) is 1.82. The van der Waals surface area contributed by atoms with Crippen LogP contribution in [0.1, 0.15) is 35.9 Å². The summed E-state index contributed by atoms with van der Waals surface area (Å²) in [5.74, 6) is 0.985. The molecule has 0 bridgehead atoms. The minimum absolute atomic E-state index is 0.154. The largest absolute Gasteiger partial charge is 0.383 e. The smallest absolute Gasteiger partial charge is 0.264 e. The lowest BCUT2D eigenvalue weighted by molar-refractivity contribution is 0.0655. The van der Waals surface area contributed by atoms with E-state index in [0.29, 0.717) is 5.15 Å². The Labute approximate surface area is 163 Å². The number of nitrogens with one attached hydrogen (secondary N) is 1. The Balaban J connectivity index is 1.70. The summed E-state index contributed by atoms with van der Waals surface area (Å²) >= 11 is 7.69. The number of amides is 1. The molecule has 140 valence electrons. The molecule has 8 heteroatoms. The maximum atomic E-state index is 12.9. The van der Waals surface area contributed by atoms with E-state index >= 15 is 0 Å². The summed E-state index contributed by atoms with van der Waals surface area (Å²) in [4.78, 5) is 26.4. The van der Waals surface area contributed by atoms with Crippen LogP contribution in [0.15, 0.2) is 23.8 Å². The van der Waals surface area contributed by atoms with E-state index in [9.17, 15) is 4.79 Å². The highest BCUT2D eigenvalue weighted by atomic mass is 35.5. The summed E-state index contributed by atoms with van der Waals surface area (Å²) in [6.07, 6.45) is 4.29. The van der Waals surface area contributed by atoms with Crippen LogP contribution in [-0.2, 0) is 0 Å². The fourth-order valence-electron chi connectivity index (χ4n) is 3.43. The number of anilines is 2. The van der Waals surface area contributed by atoms with Gasteiger partial charge in [-0.25, -0.2) is 9.97 Å². The standard InChI is InChI=1S/C18H24ClN5OS/c1-3-8-24(18(25)14-5-4-11-26-14)13-6-9-23(10-7-13)17-15(20-2)16(19)21-12-22-17/h4-5,11-13,20H,3,6-10H2,1-2H3. The molecule has 1 aliphatic rings. The van der Waals surface area contributed by atoms with Crippen LogP contribution in [0.4, 0.5) is 11.5 Å². The molecule has 0 saturated carbocycles. The Kier molecular flexibility index (Phi) is 6.32. The summed E-state index contributed by atoms with van der Waals surface area (Å²) in [5, 5.41) is 5.48. The van der Waals surface area contributed by atoms with Gasteiger partial charge in [0.25, 0.3) is 5.91 Å². The molecule has 0 unspecified atom stereocenters. The Hall–Kier alpha value is -1.86. The highest BCUT2D eigenvalue weighted by Crippen LogP contribution is 2.31. The zero-order valence-corrected chi connectivity index (χ0v) is 16.7. The Morgan fingerprint density at radius 2 is 2.19 bits per heavy atom. The molecule has 0 aromatic carbocycles. The first kappa shape index (κ1) is 18.9. The molecule has 0 atom stereocenters. The third-order valence-corrected chi connectivity index (χ3v) is 5.84. The number of rotatable bonds is 6. The summed E-state index contributed by atoms with van der Waals surface area (Å²) in [6, 6.07) is 4.10. The van der Waals surface area contributed by atoms with E-state index in [-0.39, 0.29) is 11.9 Å². The first-order chi connectivity index (χ1) is 12.7. The number of carbonyl (C=O) groups is 1. The van der Waals surface area contributed by atoms with E-state index in [1.165, 1.54) is 17.7 Å². The molecule has 1 saturated heterocycles. The number of hydrogen-bond acceptors (Lipinski definition) is 6. The molecule has 3 rings (SSSR count). The van der Waals surface area contributed by atoms with Gasteiger partial charge in [0, 0.05) is 32.7 Å². The van der Waals surface area contributed by atoms with Gasteiger partial charge >= 0.3 is 0 Å². The van der Waals surface area contributed by atoms with Gasteiger partial charge in [0.1, 0.15) is 12.0 Å². The Morgan fingerprint density at radius 3 is 2.81 bits per heavy atom. The Morgan fingerprint density at radius 1 is 1.42 bits per heavy atom. The lowest BCUT2D eigenvalue weighted by Gasteiger charge is -2.39. The van der Waals surface area contributed by atoms with Gasteiger partial charge in [-0.1, -0.05) is 24.6 Å². The normalized spacial score (nSPS) is 15.1. The highest BCUT2D eigenvalue weighted by Gasteiger charge is 2.30. The third kappa shape index (κ3) is 3.94. The first-order valence-electron chi connectivity index (χ1n) is 8.93. The van der Waals surface area contributed by atoms with Crippen molar-refractivity contribution < 1.29 is 4.79 Å². The number of thiophene rings is 1. The SMILES string of the molecule is CCCN(C(=O)c1cccs1)C1CCN(c2ncnc(Cl)c2NC)CC1. The van der Waals surface area contributed by atoms with Crippen molar-refractivity contribution in [3.63, 3.8) is 0 Å². The summed E-state index contributed by atoms with van der Waals surface area (Å²) in [6.45, 7) is 4.59. The zero-order chi connectivity index (χ0) is 18.5. The molecular weight excluding hydrogens is 370 g/mol. The predicted octanol–water partition coefficient (Wildman–Crippen LogP) is 3.75. The van der Waals surface area contributed by atoms with Crippen LogP contribution in [0, 0.1) is 0 Å². The number of nitrogens with zero attached hydrogens (tertiary/aromatic N) is 4. The van der Waals surface area contributed by atoms with Crippen LogP contribution in [-0.4, -0.2) is 53.5 Å². The molecule has 1 fully saturated rings. The summed E-state index contributed by atoms with van der Waals surface area (Å²) in [5.41, 5.74) is 0.757. The lowest BCUT2D eigenvalue weighted by Crippen LogP contribution is -2.48. The van der Waals surface area contributed by atoms with E-state index in [1.54, 1.807) is 0 Å². The van der Waals surface area contributed by atoms with Crippen molar-refractivity contribution in [2.45, 2.75) is 32.2 Å². The number of piperidine rings is 1. The molecule has 1 amide bonds. The van der Waals surface area contributed by atoms with Crippen molar-refractivity contribution in [2.75, 3.05) is 36.9 Å². The first-order valence-corrected chi connectivity index (χ1v) is 10.2. The van der Waals surface area contributed by atoms with Crippen molar-refractivity contribution in [1.29, 1.82) is 0 Å². The second kappa shape index (κ2) is 8.68. The van der Waals surface area contributed by atoms with Gasteiger partial charge in [-0.05, 0) is 30.7 Å². The van der Waals surface area contributed by atoms with E-state index in [1.807, 2.05) is 24.6 Å². The number of aromatic nitrogens is 2. The van der Waals surface area contributed by atoms with Gasteiger partial charge in [0.2, 0.25) is 0 Å². The van der Waals surface area contributed by atoms with Crippen molar-refractivity contribution in [3.8, 4) is 0 Å². The lowest BCUT2D eigenvalue weighted by atomic mass is 10.0. The van der Waals surface area contributed by atoms with Crippen LogP contribution in [0.5, 0.6) is 0 Å². The molecule has 1 aliphatic heterocycles. The van der Waals surface area contributed by atoms with Gasteiger partial charge in [0.15, 0.2) is 11.0 Å². The molecule has 0 radical (unpaired) electrons. The average Bonchev–Trinajstić information content (AvgIpc) is 3.20. The van der Waals surface area contributed by atoms with Gasteiger partial charge in [-0.2, -0.15) is 0 Å². The van der Waals surface area contributed by atoms with Crippen molar-refractivity contribution in [2.24, 2.45) is 0 Å². The minimum Gasteiger partial charge on any atom is -0.383 e. The molecule has 2 aromatic rings. The monoisotopic (exact) mass is 393 g/mol. The van der Waals surface area contributed by atoms with Gasteiger partial charge in [0.05, 0.1) is 4.88 Å². The second-order valence-corrected chi connectivity index (χ2v) is 7.61. The molecule has 26 heavy (non-hydrogen) atoms. The van der Waals surface area contributed by atoms with Crippen molar-refractivity contribution in [1.82, 2.24) is 14.9 Å². The molecule has 0 spiro atoms. The van der Waals surface area contributed by atoms with E-state index in [0.717, 1.165) is 55.3 Å². The quantitative estimate of drug-likeness (QED) is 0.757. The third-order valence-electron chi connectivity index (χ3n) is 4.69. The van der Waals surface area contributed by atoms with E-state index in [2.05, 4.69) is 32.0 Å². The van der Waals surface area contributed by atoms with E-state index in [4.69, 9.17) is 11.6 Å². The molecule has 1 N–H and O–H groups in total. The summed E-state index contributed by atoms with van der Waals surface area (Å²) < 4.78 is 0. The topological polar surface area (TPSA) is 61.4 Å². The number of halogens is 1. The minimum atomic E-state index is 0.154. The highest BCUT2D eigenvalue weighted by molar-refractivity contribution is 7.12. The second-order valence-electron chi connectivity index (χ2n) is 6.31.